The molecule has 2 atom stereocenters. The lowest BCUT2D eigenvalue weighted by atomic mass is 10.1. The highest BCUT2D eigenvalue weighted by Gasteiger charge is 2.24. The van der Waals surface area contributed by atoms with Crippen LogP contribution in [-0.2, 0) is 9.47 Å². The standard InChI is InChI=1S/C16H16O4/c1-2-4-15-11(3-1)5-12(17-7-13-8-18-13)6-16(15)20-10-14-9-19-14/h1-6,13-14H,7-10H2/t13?,14-/m0/s1. The zero-order valence-electron chi connectivity index (χ0n) is 11.1. The molecule has 2 heterocycles. The van der Waals surface area contributed by atoms with Crippen molar-refractivity contribution in [3.05, 3.63) is 36.4 Å². The van der Waals surface area contributed by atoms with Crippen LogP contribution in [0.4, 0.5) is 0 Å². The summed E-state index contributed by atoms with van der Waals surface area (Å²) in [7, 11) is 0. The quantitative estimate of drug-likeness (QED) is 0.757. The second-order valence-corrected chi connectivity index (χ2v) is 5.18. The third-order valence-electron chi connectivity index (χ3n) is 3.46. The Bertz CT molecular complexity index is 617. The van der Waals surface area contributed by atoms with Gasteiger partial charge in [-0.2, -0.15) is 0 Å². The van der Waals surface area contributed by atoms with Crippen molar-refractivity contribution in [2.45, 2.75) is 12.2 Å². The lowest BCUT2D eigenvalue weighted by Gasteiger charge is -2.12. The highest BCUT2D eigenvalue weighted by atomic mass is 16.6. The third-order valence-corrected chi connectivity index (χ3v) is 3.46. The van der Waals surface area contributed by atoms with E-state index in [9.17, 15) is 0 Å². The second-order valence-electron chi connectivity index (χ2n) is 5.18. The van der Waals surface area contributed by atoms with E-state index in [1.807, 2.05) is 24.3 Å². The molecule has 2 aliphatic rings. The molecular formula is C16H16O4. The number of hydrogen-bond acceptors (Lipinski definition) is 4. The number of hydrogen-bond donors (Lipinski definition) is 0. The monoisotopic (exact) mass is 272 g/mol. The number of benzene rings is 2. The third kappa shape index (κ3) is 2.71. The Labute approximate surface area is 117 Å². The van der Waals surface area contributed by atoms with Crippen LogP contribution in [0.5, 0.6) is 11.5 Å². The molecule has 0 amide bonds. The van der Waals surface area contributed by atoms with Crippen molar-refractivity contribution in [3.63, 3.8) is 0 Å². The topological polar surface area (TPSA) is 43.5 Å². The maximum absolute atomic E-state index is 5.87. The summed E-state index contributed by atoms with van der Waals surface area (Å²) in [6.07, 6.45) is 0.504. The van der Waals surface area contributed by atoms with Crippen molar-refractivity contribution in [1.29, 1.82) is 0 Å². The largest absolute Gasteiger partial charge is 0.491 e. The van der Waals surface area contributed by atoms with E-state index in [4.69, 9.17) is 18.9 Å². The minimum Gasteiger partial charge on any atom is -0.491 e. The van der Waals surface area contributed by atoms with Gasteiger partial charge in [-0.3, -0.25) is 0 Å². The van der Waals surface area contributed by atoms with E-state index in [1.165, 1.54) is 0 Å². The van der Waals surface area contributed by atoms with Crippen LogP contribution in [0.2, 0.25) is 0 Å². The molecule has 0 aromatic heterocycles. The molecule has 20 heavy (non-hydrogen) atoms. The first-order valence-electron chi connectivity index (χ1n) is 6.90. The molecule has 0 aliphatic carbocycles. The van der Waals surface area contributed by atoms with Gasteiger partial charge in [-0.1, -0.05) is 24.3 Å². The van der Waals surface area contributed by atoms with Gasteiger partial charge in [0.25, 0.3) is 0 Å². The van der Waals surface area contributed by atoms with Crippen molar-refractivity contribution in [2.24, 2.45) is 0 Å². The van der Waals surface area contributed by atoms with Crippen LogP contribution < -0.4 is 9.47 Å². The molecule has 2 aromatic carbocycles. The van der Waals surface area contributed by atoms with E-state index >= 15 is 0 Å². The molecule has 0 N–H and O–H groups in total. The Morgan fingerprint density at radius 2 is 1.65 bits per heavy atom. The molecule has 0 radical (unpaired) electrons. The van der Waals surface area contributed by atoms with Crippen LogP contribution in [0.25, 0.3) is 10.8 Å². The van der Waals surface area contributed by atoms with Gasteiger partial charge in [-0.25, -0.2) is 0 Å². The van der Waals surface area contributed by atoms with Gasteiger partial charge in [-0.15, -0.1) is 0 Å². The smallest absolute Gasteiger partial charge is 0.130 e. The van der Waals surface area contributed by atoms with Crippen molar-refractivity contribution in [3.8, 4) is 11.5 Å². The Kier molecular flexibility index (Phi) is 2.98. The summed E-state index contributed by atoms with van der Waals surface area (Å²) in [5, 5.41) is 2.22. The molecule has 4 heteroatoms. The molecule has 2 aliphatic heterocycles. The van der Waals surface area contributed by atoms with Crippen LogP contribution in [-0.4, -0.2) is 38.6 Å². The summed E-state index contributed by atoms with van der Waals surface area (Å²) < 4.78 is 22.0. The molecule has 4 nitrogen and oxygen atoms in total. The fourth-order valence-corrected chi connectivity index (χ4v) is 2.15. The Morgan fingerprint density at radius 1 is 0.950 bits per heavy atom. The molecule has 2 saturated heterocycles. The summed E-state index contributed by atoms with van der Waals surface area (Å²) in [6.45, 7) is 2.80. The zero-order chi connectivity index (χ0) is 13.4. The maximum atomic E-state index is 5.87. The van der Waals surface area contributed by atoms with Gasteiger partial charge in [-0.05, 0) is 11.5 Å². The van der Waals surface area contributed by atoms with Gasteiger partial charge in [0.1, 0.15) is 36.9 Å². The predicted octanol–water partition coefficient (Wildman–Crippen LogP) is 2.40. The fourth-order valence-electron chi connectivity index (χ4n) is 2.15. The minimum atomic E-state index is 0.248. The number of epoxide rings is 2. The highest BCUT2D eigenvalue weighted by molar-refractivity contribution is 5.89. The fraction of sp³-hybridized carbons (Fsp3) is 0.375. The van der Waals surface area contributed by atoms with Crippen LogP contribution in [0.3, 0.4) is 0 Å². The summed E-state index contributed by atoms with van der Waals surface area (Å²) in [4.78, 5) is 0. The number of ether oxygens (including phenoxy) is 4. The molecule has 0 saturated carbocycles. The van der Waals surface area contributed by atoms with Crippen molar-refractivity contribution >= 4 is 10.8 Å². The molecule has 2 fully saturated rings. The van der Waals surface area contributed by atoms with Crippen molar-refractivity contribution < 1.29 is 18.9 Å². The summed E-state index contributed by atoms with van der Waals surface area (Å²) >= 11 is 0. The van der Waals surface area contributed by atoms with Gasteiger partial charge in [0.2, 0.25) is 0 Å². The van der Waals surface area contributed by atoms with Gasteiger partial charge < -0.3 is 18.9 Å². The molecule has 4 rings (SSSR count). The average Bonchev–Trinajstić information content (AvgIpc) is 3.37. The molecule has 104 valence electrons. The first-order valence-corrected chi connectivity index (χ1v) is 6.90. The lowest BCUT2D eigenvalue weighted by molar-refractivity contribution is 0.254. The van der Waals surface area contributed by atoms with Crippen LogP contribution in [0.1, 0.15) is 0 Å². The number of rotatable bonds is 6. The molecule has 2 aromatic rings. The van der Waals surface area contributed by atoms with Crippen molar-refractivity contribution in [1.82, 2.24) is 0 Å². The first kappa shape index (κ1) is 12.0. The predicted molar refractivity (Wildman–Crippen MR) is 74.4 cm³/mol. The average molecular weight is 272 g/mol. The Morgan fingerprint density at radius 3 is 2.40 bits per heavy atom. The summed E-state index contributed by atoms with van der Waals surface area (Å²) in [5.74, 6) is 1.68. The normalized spacial score (nSPS) is 23.6. The van der Waals surface area contributed by atoms with Gasteiger partial charge >= 0.3 is 0 Å². The van der Waals surface area contributed by atoms with Gasteiger partial charge in [0.15, 0.2) is 0 Å². The molecule has 0 spiro atoms. The zero-order valence-corrected chi connectivity index (χ0v) is 11.1. The van der Waals surface area contributed by atoms with Crippen LogP contribution in [0.15, 0.2) is 36.4 Å². The van der Waals surface area contributed by atoms with E-state index < -0.39 is 0 Å². The maximum Gasteiger partial charge on any atom is 0.130 e. The second kappa shape index (κ2) is 4.96. The molecular weight excluding hydrogens is 256 g/mol. The van der Waals surface area contributed by atoms with E-state index in [2.05, 4.69) is 12.1 Å². The Hall–Kier alpha value is -1.78. The first-order chi connectivity index (χ1) is 9.88. The van der Waals surface area contributed by atoms with E-state index in [-0.39, 0.29) is 12.2 Å². The lowest BCUT2D eigenvalue weighted by Crippen LogP contribution is -2.06. The Balaban J connectivity index is 1.61. The van der Waals surface area contributed by atoms with Gasteiger partial charge in [0.05, 0.1) is 13.2 Å². The summed E-state index contributed by atoms with van der Waals surface area (Å²) in [6, 6.07) is 12.2. The number of fused-ring (bicyclic) bond motifs is 1. The SMILES string of the molecule is c1ccc2c(OC[C@@H]3CO3)cc(OCC3CO3)cc2c1. The van der Waals surface area contributed by atoms with E-state index in [1.54, 1.807) is 0 Å². The molecule has 0 bridgehead atoms. The van der Waals surface area contributed by atoms with Crippen LogP contribution in [0, 0.1) is 0 Å². The van der Waals surface area contributed by atoms with Crippen LogP contribution >= 0.6 is 0 Å². The van der Waals surface area contributed by atoms with E-state index in [0.717, 1.165) is 35.5 Å². The summed E-state index contributed by atoms with van der Waals surface area (Å²) in [5.41, 5.74) is 0. The highest BCUT2D eigenvalue weighted by Crippen LogP contribution is 2.32. The van der Waals surface area contributed by atoms with E-state index in [0.29, 0.717) is 13.2 Å². The van der Waals surface area contributed by atoms with Crippen molar-refractivity contribution in [2.75, 3.05) is 26.4 Å². The molecule has 1 unspecified atom stereocenters. The van der Waals surface area contributed by atoms with Gasteiger partial charge in [0, 0.05) is 11.5 Å². The minimum absolute atomic E-state index is 0.248.